The lowest BCUT2D eigenvalue weighted by Gasteiger charge is -2.26. The molecule has 5 nitrogen and oxygen atoms in total. The van der Waals surface area contributed by atoms with Crippen LogP contribution in [-0.4, -0.2) is 45.0 Å². The molecule has 1 aromatic carbocycles. The number of hydrogen-bond donors (Lipinski definition) is 1. The molecule has 2 fully saturated rings. The number of H-pyrrole nitrogens is 1. The molecule has 1 amide bonds. The fourth-order valence-corrected chi connectivity index (χ4v) is 4.64. The number of aromatic amines is 1. The van der Waals surface area contributed by atoms with Crippen LogP contribution in [-0.2, 0) is 0 Å². The molecule has 2 aliphatic rings. The van der Waals surface area contributed by atoms with Gasteiger partial charge in [-0.1, -0.05) is 12.8 Å². The number of carbonyl (C=O) groups is 1. The van der Waals surface area contributed by atoms with Gasteiger partial charge in [0.15, 0.2) is 0 Å². The van der Waals surface area contributed by atoms with Crippen molar-refractivity contribution in [3.05, 3.63) is 34.2 Å². The molecule has 2 aromatic rings. The van der Waals surface area contributed by atoms with Crippen molar-refractivity contribution in [2.75, 3.05) is 24.6 Å². The molecule has 1 aliphatic carbocycles. The van der Waals surface area contributed by atoms with Crippen LogP contribution in [0.15, 0.2) is 23.0 Å². The van der Waals surface area contributed by atoms with E-state index in [4.69, 9.17) is 0 Å². The van der Waals surface area contributed by atoms with E-state index in [0.29, 0.717) is 11.6 Å². The third kappa shape index (κ3) is 2.69. The van der Waals surface area contributed by atoms with Gasteiger partial charge < -0.3 is 9.88 Å². The Morgan fingerprint density at radius 3 is 2.65 bits per heavy atom. The Balaban J connectivity index is 1.68. The molecule has 1 aromatic heterocycles. The Labute approximate surface area is 139 Å². The first-order valence-electron chi connectivity index (χ1n) is 8.35. The number of nitrogens with zero attached hydrogens (tertiary/aromatic N) is 2. The summed E-state index contributed by atoms with van der Waals surface area (Å²) < 4.78 is 1.88. The minimum Gasteiger partial charge on any atom is -0.337 e. The molecule has 0 bridgehead atoms. The molecule has 0 unspecified atom stereocenters. The van der Waals surface area contributed by atoms with E-state index in [1.807, 2.05) is 39.4 Å². The average molecular weight is 331 g/mol. The summed E-state index contributed by atoms with van der Waals surface area (Å²) in [5.74, 6) is 2.08. The molecule has 0 radical (unpaired) electrons. The highest BCUT2D eigenvalue weighted by atomic mass is 32.2. The molecular formula is C17H21N3O2S. The van der Waals surface area contributed by atoms with Crippen LogP contribution in [0.4, 0.5) is 0 Å². The highest BCUT2D eigenvalue weighted by Crippen LogP contribution is 2.30. The molecule has 122 valence electrons. The van der Waals surface area contributed by atoms with Crippen LogP contribution in [0.25, 0.3) is 11.0 Å². The van der Waals surface area contributed by atoms with Crippen LogP contribution in [0, 0.1) is 0 Å². The van der Waals surface area contributed by atoms with Gasteiger partial charge in [-0.2, -0.15) is 11.8 Å². The third-order valence-electron chi connectivity index (χ3n) is 4.95. The van der Waals surface area contributed by atoms with Crippen LogP contribution in [0.1, 0.15) is 42.1 Å². The van der Waals surface area contributed by atoms with Crippen molar-refractivity contribution in [2.45, 2.75) is 31.7 Å². The molecular weight excluding hydrogens is 310 g/mol. The Bertz CT molecular complexity index is 783. The number of aromatic nitrogens is 2. The molecule has 23 heavy (non-hydrogen) atoms. The van der Waals surface area contributed by atoms with Crippen molar-refractivity contribution >= 4 is 28.7 Å². The maximum atomic E-state index is 12.6. The van der Waals surface area contributed by atoms with Crippen molar-refractivity contribution < 1.29 is 4.79 Å². The maximum Gasteiger partial charge on any atom is 0.326 e. The molecule has 6 heteroatoms. The van der Waals surface area contributed by atoms with Gasteiger partial charge in [-0.25, -0.2) is 4.79 Å². The van der Waals surface area contributed by atoms with Gasteiger partial charge in [-0.3, -0.25) is 9.36 Å². The molecule has 1 saturated carbocycles. The van der Waals surface area contributed by atoms with Crippen LogP contribution in [0.2, 0.25) is 0 Å². The van der Waals surface area contributed by atoms with Crippen LogP contribution in [0.5, 0.6) is 0 Å². The molecule has 1 saturated heterocycles. The molecule has 2 heterocycles. The van der Waals surface area contributed by atoms with Crippen LogP contribution >= 0.6 is 11.8 Å². The molecule has 0 spiro atoms. The average Bonchev–Trinajstić information content (AvgIpc) is 3.20. The lowest BCUT2D eigenvalue weighted by Crippen LogP contribution is -2.37. The number of amides is 1. The number of carbonyl (C=O) groups excluding carboxylic acids is 1. The minimum absolute atomic E-state index is 0.0501. The van der Waals surface area contributed by atoms with E-state index >= 15 is 0 Å². The number of nitrogens with one attached hydrogen (secondary N) is 1. The van der Waals surface area contributed by atoms with Gasteiger partial charge in [-0.05, 0) is 31.0 Å². The SMILES string of the molecule is O=C(c1ccc2c(c1)[nH]c(=O)n2C1CCCC1)N1CCSCC1. The molecule has 1 aliphatic heterocycles. The van der Waals surface area contributed by atoms with Gasteiger partial charge >= 0.3 is 5.69 Å². The van der Waals surface area contributed by atoms with Gasteiger partial charge in [0.2, 0.25) is 0 Å². The second-order valence-corrected chi connectivity index (χ2v) is 7.60. The first-order chi connectivity index (χ1) is 11.2. The summed E-state index contributed by atoms with van der Waals surface area (Å²) in [5.41, 5.74) is 2.32. The van der Waals surface area contributed by atoms with Crippen molar-refractivity contribution in [3.8, 4) is 0 Å². The Kier molecular flexibility index (Phi) is 3.93. The zero-order valence-electron chi connectivity index (χ0n) is 13.1. The van der Waals surface area contributed by atoms with Gasteiger partial charge in [0.05, 0.1) is 11.0 Å². The largest absolute Gasteiger partial charge is 0.337 e. The topological polar surface area (TPSA) is 58.1 Å². The fourth-order valence-electron chi connectivity index (χ4n) is 3.74. The number of imidazole rings is 1. The van der Waals surface area contributed by atoms with E-state index in [-0.39, 0.29) is 11.6 Å². The van der Waals surface area contributed by atoms with E-state index in [1.54, 1.807) is 0 Å². The number of thioether (sulfide) groups is 1. The van der Waals surface area contributed by atoms with E-state index in [2.05, 4.69) is 4.98 Å². The lowest BCUT2D eigenvalue weighted by molar-refractivity contribution is 0.0772. The predicted molar refractivity (Wildman–Crippen MR) is 93.3 cm³/mol. The number of rotatable bonds is 2. The molecule has 1 N–H and O–H groups in total. The number of benzene rings is 1. The lowest BCUT2D eigenvalue weighted by atomic mass is 10.1. The first-order valence-corrected chi connectivity index (χ1v) is 9.51. The van der Waals surface area contributed by atoms with Gasteiger partial charge in [-0.15, -0.1) is 0 Å². The summed E-state index contributed by atoms with van der Waals surface area (Å²) >= 11 is 1.89. The standard InChI is InChI=1S/C17H21N3O2S/c21-16(19-7-9-23-10-8-19)12-5-6-15-14(11-12)18-17(22)20(15)13-3-1-2-4-13/h5-6,11,13H,1-4,7-10H2,(H,18,22). The molecule has 0 atom stereocenters. The summed E-state index contributed by atoms with van der Waals surface area (Å²) in [6.07, 6.45) is 4.51. The predicted octanol–water partition coefficient (Wildman–Crippen LogP) is 2.63. The summed E-state index contributed by atoms with van der Waals surface area (Å²) in [7, 11) is 0. The first kappa shape index (κ1) is 14.9. The van der Waals surface area contributed by atoms with Gasteiger partial charge in [0.1, 0.15) is 0 Å². The van der Waals surface area contributed by atoms with Crippen LogP contribution in [0.3, 0.4) is 0 Å². The number of fused-ring (bicyclic) bond motifs is 1. The third-order valence-corrected chi connectivity index (χ3v) is 5.89. The van der Waals surface area contributed by atoms with E-state index in [0.717, 1.165) is 48.5 Å². The maximum absolute atomic E-state index is 12.6. The molecule has 4 rings (SSSR count). The zero-order valence-corrected chi connectivity index (χ0v) is 13.9. The van der Waals surface area contributed by atoms with Gasteiger partial charge in [0.25, 0.3) is 5.91 Å². The summed E-state index contributed by atoms with van der Waals surface area (Å²) in [6.45, 7) is 1.61. The second-order valence-electron chi connectivity index (χ2n) is 6.37. The van der Waals surface area contributed by atoms with Crippen molar-refractivity contribution in [3.63, 3.8) is 0 Å². The summed E-state index contributed by atoms with van der Waals surface area (Å²) in [6, 6.07) is 5.94. The highest BCUT2D eigenvalue weighted by molar-refractivity contribution is 7.99. The van der Waals surface area contributed by atoms with E-state index < -0.39 is 0 Å². The van der Waals surface area contributed by atoms with Crippen molar-refractivity contribution in [1.82, 2.24) is 14.5 Å². The Morgan fingerprint density at radius 1 is 1.17 bits per heavy atom. The Morgan fingerprint density at radius 2 is 1.91 bits per heavy atom. The fraction of sp³-hybridized carbons (Fsp3) is 0.529. The normalized spacial score (nSPS) is 19.6. The van der Waals surface area contributed by atoms with Crippen molar-refractivity contribution in [2.24, 2.45) is 0 Å². The summed E-state index contributed by atoms with van der Waals surface area (Å²) in [4.78, 5) is 29.8. The van der Waals surface area contributed by atoms with E-state index in [9.17, 15) is 9.59 Å². The minimum atomic E-state index is -0.0501. The quantitative estimate of drug-likeness (QED) is 0.920. The van der Waals surface area contributed by atoms with Crippen molar-refractivity contribution in [1.29, 1.82) is 0 Å². The smallest absolute Gasteiger partial charge is 0.326 e. The number of hydrogen-bond acceptors (Lipinski definition) is 3. The van der Waals surface area contributed by atoms with Gasteiger partial charge in [0, 0.05) is 36.2 Å². The zero-order chi connectivity index (χ0) is 15.8. The van der Waals surface area contributed by atoms with E-state index in [1.165, 1.54) is 12.8 Å². The summed E-state index contributed by atoms with van der Waals surface area (Å²) in [5, 5.41) is 0. The highest BCUT2D eigenvalue weighted by Gasteiger charge is 2.23. The Hall–Kier alpha value is -1.69. The monoisotopic (exact) mass is 331 g/mol. The second kappa shape index (κ2) is 6.07. The van der Waals surface area contributed by atoms with Crippen LogP contribution < -0.4 is 5.69 Å².